The zero-order valence-electron chi connectivity index (χ0n) is 31.1. The highest BCUT2D eigenvalue weighted by molar-refractivity contribution is 6.33. The molecule has 2 atom stereocenters. The molecule has 1 N–H and O–H groups in total. The van der Waals surface area contributed by atoms with E-state index in [1.165, 1.54) is 0 Å². The Labute approximate surface area is 330 Å². The van der Waals surface area contributed by atoms with Gasteiger partial charge in [0, 0.05) is 112 Å². The lowest BCUT2D eigenvalue weighted by Gasteiger charge is -2.45. The molecule has 288 valence electrons. The number of imide groups is 2. The second kappa shape index (κ2) is 14.2. The molecule has 2 unspecified atom stereocenters. The smallest absolute Gasteiger partial charge is 0.264 e. The molecule has 6 heterocycles. The highest BCUT2D eigenvalue weighted by Gasteiger charge is 2.47. The van der Waals surface area contributed by atoms with Gasteiger partial charge in [-0.25, -0.2) is 4.85 Å². The van der Waals surface area contributed by atoms with Crippen molar-refractivity contribution < 1.29 is 24.0 Å². The fourth-order valence-corrected chi connectivity index (χ4v) is 9.79. The van der Waals surface area contributed by atoms with Crippen molar-refractivity contribution in [1.29, 1.82) is 0 Å². The van der Waals surface area contributed by atoms with Crippen molar-refractivity contribution in [1.82, 2.24) is 20.0 Å². The van der Waals surface area contributed by atoms with E-state index in [4.69, 9.17) is 18.2 Å². The third-order valence-corrected chi connectivity index (χ3v) is 13.0. The van der Waals surface area contributed by atoms with Crippen LogP contribution in [0.3, 0.4) is 0 Å². The summed E-state index contributed by atoms with van der Waals surface area (Å²) >= 11 is 6.32. The minimum atomic E-state index is -0.979. The summed E-state index contributed by atoms with van der Waals surface area (Å²) in [6.45, 7) is 16.7. The second-order valence-corrected chi connectivity index (χ2v) is 16.6. The van der Waals surface area contributed by atoms with Gasteiger partial charge in [0.2, 0.25) is 17.5 Å². The van der Waals surface area contributed by atoms with Crippen molar-refractivity contribution >= 4 is 63.9 Å². The maximum Gasteiger partial charge on any atom is 0.264 e. The van der Waals surface area contributed by atoms with Crippen LogP contribution in [0.4, 0.5) is 22.7 Å². The minimum Gasteiger partial charge on any atom is -0.371 e. The van der Waals surface area contributed by atoms with Gasteiger partial charge in [0.1, 0.15) is 6.04 Å². The van der Waals surface area contributed by atoms with E-state index in [1.807, 2.05) is 35.2 Å². The molecule has 0 saturated carbocycles. The first-order valence-corrected chi connectivity index (χ1v) is 19.9. The molecule has 6 aliphatic heterocycles. The van der Waals surface area contributed by atoms with Crippen LogP contribution < -0.4 is 20.0 Å². The molecule has 0 aliphatic carbocycles. The predicted octanol–water partition coefficient (Wildman–Crippen LogP) is 4.29. The molecule has 1 spiro atoms. The third kappa shape index (κ3) is 6.44. The Morgan fingerprint density at radius 1 is 0.839 bits per heavy atom. The molecule has 14 heteroatoms. The fraction of sp³-hybridized carbons (Fsp3) is 0.429. The maximum absolute atomic E-state index is 13.6. The van der Waals surface area contributed by atoms with E-state index in [0.29, 0.717) is 33.3 Å². The molecular formula is C42H43ClN8O5. The molecule has 5 saturated heterocycles. The number of rotatable bonds is 7. The third-order valence-electron chi connectivity index (χ3n) is 12.7. The van der Waals surface area contributed by atoms with Gasteiger partial charge in [0.05, 0.1) is 23.4 Å². The van der Waals surface area contributed by atoms with E-state index in [-0.39, 0.29) is 24.2 Å². The molecule has 13 nitrogen and oxygen atoms in total. The topological polar surface area (TPSA) is 121 Å². The number of nitrogens with zero attached hydrogens (tertiary/aromatic N) is 7. The Kier molecular flexibility index (Phi) is 9.21. The Hall–Kier alpha value is -5.45. The van der Waals surface area contributed by atoms with Gasteiger partial charge in [-0.15, -0.1) is 0 Å². The molecule has 3 aromatic carbocycles. The van der Waals surface area contributed by atoms with E-state index < -0.39 is 29.7 Å². The van der Waals surface area contributed by atoms with Crippen LogP contribution in [0.15, 0.2) is 60.7 Å². The van der Waals surface area contributed by atoms with Crippen LogP contribution >= 0.6 is 11.6 Å². The summed E-state index contributed by atoms with van der Waals surface area (Å²) < 4.78 is 0. The lowest BCUT2D eigenvalue weighted by molar-refractivity contribution is -0.136. The SMILES string of the molecule is [C-]#[N+]c1ccc(N2CCC3(CCN(C(=O)c4ccc(N5CCN(CC6CN(c7cccc8c7C(=O)N(C7CCC(=O)NC7=O)C8=O)C6)CC5)cc4)C3)C2)cc1Cl. The zero-order valence-corrected chi connectivity index (χ0v) is 31.8. The first-order chi connectivity index (χ1) is 27.1. The predicted molar refractivity (Wildman–Crippen MR) is 211 cm³/mol. The Morgan fingerprint density at radius 3 is 2.32 bits per heavy atom. The normalized spacial score (nSPS) is 24.2. The van der Waals surface area contributed by atoms with Crippen LogP contribution in [-0.4, -0.2) is 122 Å². The van der Waals surface area contributed by atoms with Crippen LogP contribution in [0, 0.1) is 17.9 Å². The molecular weight excluding hydrogens is 732 g/mol. The number of halogens is 1. The van der Waals surface area contributed by atoms with E-state index in [9.17, 15) is 24.0 Å². The summed E-state index contributed by atoms with van der Waals surface area (Å²) in [4.78, 5) is 80.4. The van der Waals surface area contributed by atoms with Gasteiger partial charge >= 0.3 is 0 Å². The number of anilines is 3. The molecule has 0 aromatic heterocycles. The lowest BCUT2D eigenvalue weighted by Crippen LogP contribution is -2.55. The molecule has 3 aromatic rings. The van der Waals surface area contributed by atoms with E-state index >= 15 is 0 Å². The number of carbonyl (C=O) groups is 5. The average molecular weight is 775 g/mol. The largest absolute Gasteiger partial charge is 0.371 e. The van der Waals surface area contributed by atoms with Gasteiger partial charge in [-0.2, -0.15) is 0 Å². The summed E-state index contributed by atoms with van der Waals surface area (Å²) in [6, 6.07) is 18.0. The number of benzene rings is 3. The summed E-state index contributed by atoms with van der Waals surface area (Å²) in [5.74, 6) is -1.44. The molecule has 5 fully saturated rings. The molecule has 6 aliphatic rings. The van der Waals surface area contributed by atoms with Crippen LogP contribution in [0.5, 0.6) is 0 Å². The second-order valence-electron chi connectivity index (χ2n) is 16.1. The molecule has 9 rings (SSSR count). The number of piperidine rings is 1. The van der Waals surface area contributed by atoms with Crippen molar-refractivity contribution in [2.75, 3.05) is 86.7 Å². The van der Waals surface area contributed by atoms with Gasteiger partial charge in [-0.05, 0) is 67.8 Å². The number of nitrogens with one attached hydrogen (secondary N) is 1. The Bertz CT molecular complexity index is 2180. The number of carbonyl (C=O) groups excluding carboxylic acids is 5. The highest BCUT2D eigenvalue weighted by Crippen LogP contribution is 2.43. The van der Waals surface area contributed by atoms with E-state index in [2.05, 4.69) is 41.9 Å². The lowest BCUT2D eigenvalue weighted by atomic mass is 9.86. The number of hydrogen-bond donors (Lipinski definition) is 1. The average Bonchev–Trinajstić information content (AvgIpc) is 3.89. The standard InChI is InChI=1S/C42H43ClN8O5/c1-44-33-10-9-30(21-32(33)43)48-15-13-42(25-48)14-16-49(26-42)39(54)28-5-7-29(8-6-28)47-19-17-46(18-20-47)22-27-23-50(24-27)34-4-2-3-31-37(34)41(56)51(40(31)55)35-11-12-36(52)45-38(35)53/h2-10,21,27,35H,11-20,22-26H2,(H,45,52,53). The van der Waals surface area contributed by atoms with Crippen molar-refractivity contribution in [3.05, 3.63) is 93.8 Å². The summed E-state index contributed by atoms with van der Waals surface area (Å²) in [5, 5.41) is 2.73. The fourth-order valence-electron chi connectivity index (χ4n) is 9.57. The van der Waals surface area contributed by atoms with Gasteiger partial charge in [-0.1, -0.05) is 23.7 Å². The summed E-state index contributed by atoms with van der Waals surface area (Å²) in [6.07, 6.45) is 2.22. The first-order valence-electron chi connectivity index (χ1n) is 19.5. The van der Waals surface area contributed by atoms with Gasteiger partial charge < -0.3 is 19.6 Å². The minimum absolute atomic E-state index is 0.0698. The Morgan fingerprint density at radius 2 is 1.59 bits per heavy atom. The van der Waals surface area contributed by atoms with Gasteiger partial charge in [0.25, 0.3) is 17.7 Å². The Balaban J connectivity index is 0.744. The summed E-state index contributed by atoms with van der Waals surface area (Å²) in [5.41, 5.74) is 4.77. The van der Waals surface area contributed by atoms with Crippen molar-refractivity contribution in [3.8, 4) is 0 Å². The number of hydrogen-bond acceptors (Lipinski definition) is 9. The monoisotopic (exact) mass is 774 g/mol. The number of piperazine rings is 1. The van der Waals surface area contributed by atoms with Crippen molar-refractivity contribution in [2.24, 2.45) is 11.3 Å². The highest BCUT2D eigenvalue weighted by atomic mass is 35.5. The molecule has 5 amide bonds. The van der Waals surface area contributed by atoms with Crippen LogP contribution in [-0.2, 0) is 9.59 Å². The number of amides is 5. The number of fused-ring (bicyclic) bond motifs is 1. The van der Waals surface area contributed by atoms with Gasteiger partial charge in [0.15, 0.2) is 0 Å². The molecule has 0 radical (unpaired) electrons. The van der Waals surface area contributed by atoms with E-state index in [1.54, 1.807) is 18.2 Å². The molecule has 0 bridgehead atoms. The van der Waals surface area contributed by atoms with Crippen molar-refractivity contribution in [3.63, 3.8) is 0 Å². The first kappa shape index (κ1) is 36.2. The zero-order chi connectivity index (χ0) is 38.7. The van der Waals surface area contributed by atoms with Crippen LogP contribution in [0.2, 0.25) is 5.02 Å². The van der Waals surface area contributed by atoms with Crippen LogP contribution in [0.1, 0.15) is 56.8 Å². The molecule has 56 heavy (non-hydrogen) atoms. The van der Waals surface area contributed by atoms with Crippen LogP contribution in [0.25, 0.3) is 4.85 Å². The maximum atomic E-state index is 13.6. The summed E-state index contributed by atoms with van der Waals surface area (Å²) in [7, 11) is 0. The van der Waals surface area contributed by atoms with E-state index in [0.717, 1.165) is 107 Å². The van der Waals surface area contributed by atoms with Gasteiger partial charge in [-0.3, -0.25) is 39.1 Å². The van der Waals surface area contributed by atoms with Crippen molar-refractivity contribution in [2.45, 2.75) is 31.7 Å². The number of likely N-dealkylation sites (tertiary alicyclic amines) is 1. The quantitative estimate of drug-likeness (QED) is 0.277.